The minimum absolute atomic E-state index is 0.351. The second-order valence-corrected chi connectivity index (χ2v) is 16.6. The second-order valence-electron chi connectivity index (χ2n) is 13.5. The predicted octanol–water partition coefficient (Wildman–Crippen LogP) is 12.1. The highest BCUT2D eigenvalue weighted by Gasteiger charge is 2.47. The maximum Gasteiger partial charge on any atom is 0.512 e. The summed E-state index contributed by atoms with van der Waals surface area (Å²) in [4.78, 5) is 0. The molecule has 5 nitrogen and oxygen atoms in total. The van der Waals surface area contributed by atoms with Gasteiger partial charge in [-0.3, -0.25) is 0 Å². The van der Waals surface area contributed by atoms with E-state index in [2.05, 4.69) is 12.1 Å². The van der Waals surface area contributed by atoms with Crippen LogP contribution in [0.15, 0.2) is 105 Å². The number of rotatable bonds is 4. The second kappa shape index (κ2) is 12.3. The number of halogens is 3. The van der Waals surface area contributed by atoms with Crippen LogP contribution in [0.5, 0.6) is 0 Å². The van der Waals surface area contributed by atoms with Crippen molar-refractivity contribution in [2.24, 2.45) is 0 Å². The van der Waals surface area contributed by atoms with Gasteiger partial charge in [-0.15, -0.1) is 4.49 Å². The Hall–Kier alpha value is -4.56. The van der Waals surface area contributed by atoms with E-state index in [1.807, 2.05) is 89.4 Å². The standard InChI is InChI=1S/C41H33F3NO4PS/c42-41(43,44)51(46,47)45-50-48-39-35(33-21-9-15-25-11-1-5-17-29(25)33)23-27-13-3-7-19-31(27)37(39)38-32-20-8-4-14-28(32)24-36(40(38)49-50)34-22-10-16-26-12-2-6-18-30(26)34/h1-2,5-6,9-12,15-18,21-24,45H,3-4,7-8,13-14,19-20H2. The zero-order chi connectivity index (χ0) is 34.9. The fraction of sp³-hybridized carbons (Fsp3) is 0.220. The van der Waals surface area contributed by atoms with Gasteiger partial charge < -0.3 is 8.39 Å². The van der Waals surface area contributed by atoms with Crippen molar-refractivity contribution >= 4 is 61.7 Å². The molecule has 2 aliphatic carbocycles. The van der Waals surface area contributed by atoms with Crippen molar-refractivity contribution in [2.75, 3.05) is 4.49 Å². The molecule has 0 aliphatic heterocycles. The van der Waals surface area contributed by atoms with Gasteiger partial charge >= 0.3 is 23.7 Å². The molecule has 1 heterocycles. The van der Waals surface area contributed by atoms with Gasteiger partial charge in [0.25, 0.3) is 0 Å². The van der Waals surface area contributed by atoms with Gasteiger partial charge in [0.2, 0.25) is 0 Å². The van der Waals surface area contributed by atoms with E-state index in [4.69, 9.17) is 8.39 Å². The molecule has 0 unspecified atom stereocenters. The predicted molar refractivity (Wildman–Crippen MR) is 200 cm³/mol. The highest BCUT2D eigenvalue weighted by atomic mass is 32.2. The maximum atomic E-state index is 14.0. The highest BCUT2D eigenvalue weighted by molar-refractivity contribution is 7.98. The topological polar surface area (TPSA) is 72.5 Å². The quantitative estimate of drug-likeness (QED) is 0.196. The van der Waals surface area contributed by atoms with Crippen molar-refractivity contribution in [3.05, 3.63) is 119 Å². The molecule has 2 aliphatic rings. The third kappa shape index (κ3) is 5.45. The fourth-order valence-electron chi connectivity index (χ4n) is 8.18. The Labute approximate surface area is 293 Å². The Balaban J connectivity index is 1.53. The van der Waals surface area contributed by atoms with Gasteiger partial charge in [0.15, 0.2) is 11.2 Å². The van der Waals surface area contributed by atoms with Crippen molar-refractivity contribution in [2.45, 2.75) is 56.9 Å². The van der Waals surface area contributed by atoms with Gasteiger partial charge in [-0.1, -0.05) is 84.9 Å². The highest BCUT2D eigenvalue weighted by Crippen LogP contribution is 2.49. The Kier molecular flexibility index (Phi) is 7.80. The lowest BCUT2D eigenvalue weighted by Gasteiger charge is -2.23. The largest absolute Gasteiger partial charge is 0.512 e. The summed E-state index contributed by atoms with van der Waals surface area (Å²) in [6.07, 6.45) is 7.13. The molecule has 0 spiro atoms. The molecule has 258 valence electrons. The molecular weight excluding hydrogens is 690 g/mol. The van der Waals surface area contributed by atoms with Gasteiger partial charge in [-0.05, 0) is 118 Å². The first-order valence-electron chi connectivity index (χ1n) is 17.3. The number of benzene rings is 6. The maximum absolute atomic E-state index is 14.0. The van der Waals surface area contributed by atoms with Crippen LogP contribution in [0.1, 0.15) is 47.9 Å². The van der Waals surface area contributed by atoms with Crippen molar-refractivity contribution in [1.29, 1.82) is 0 Å². The number of nitrogens with one attached hydrogen (secondary N) is 1. The van der Waals surface area contributed by atoms with Crippen LogP contribution in [0.3, 0.4) is 0 Å². The molecule has 7 aromatic rings. The number of hydrogen-bond acceptors (Lipinski definition) is 4. The van der Waals surface area contributed by atoms with Gasteiger partial charge in [0.1, 0.15) is 0 Å². The molecule has 0 fully saturated rings. The SMILES string of the molecule is O=S(=O)(Np1oc2c(-c3cccc4ccccc34)cc3c(c2c2c4c(cc(-c5cccc6ccccc56)c2o1)CCCC4)CCCC3)C(F)(F)F. The molecule has 0 amide bonds. The minimum atomic E-state index is -5.85. The molecule has 0 bridgehead atoms. The van der Waals surface area contributed by atoms with Crippen LogP contribution in [0, 0.1) is 0 Å². The third-order valence-electron chi connectivity index (χ3n) is 10.5. The van der Waals surface area contributed by atoms with E-state index in [9.17, 15) is 21.6 Å². The van der Waals surface area contributed by atoms with E-state index in [0.717, 1.165) is 106 Å². The molecule has 9 rings (SSSR count). The van der Waals surface area contributed by atoms with E-state index >= 15 is 0 Å². The number of aryl methyl sites for hydroxylation is 4. The van der Waals surface area contributed by atoms with E-state index in [1.165, 1.54) is 11.1 Å². The molecule has 51 heavy (non-hydrogen) atoms. The van der Waals surface area contributed by atoms with Crippen molar-refractivity contribution in [1.82, 2.24) is 0 Å². The van der Waals surface area contributed by atoms with Crippen LogP contribution in [0.25, 0.3) is 65.7 Å². The van der Waals surface area contributed by atoms with Gasteiger partial charge in [0, 0.05) is 21.9 Å². The van der Waals surface area contributed by atoms with Crippen LogP contribution in [0.2, 0.25) is 0 Å². The van der Waals surface area contributed by atoms with Crippen molar-refractivity contribution in [3.8, 4) is 22.3 Å². The number of sulfonamides is 1. The zero-order valence-corrected chi connectivity index (χ0v) is 29.2. The molecule has 0 radical (unpaired) electrons. The average molecular weight is 724 g/mol. The van der Waals surface area contributed by atoms with Gasteiger partial charge in [-0.25, -0.2) is 8.42 Å². The first-order valence-corrected chi connectivity index (χ1v) is 19.9. The van der Waals surface area contributed by atoms with E-state index in [0.29, 0.717) is 22.3 Å². The molecule has 0 saturated carbocycles. The molecule has 10 heteroatoms. The monoisotopic (exact) mass is 723 g/mol. The Morgan fingerprint density at radius 2 is 1.00 bits per heavy atom. The number of fused-ring (bicyclic) bond motifs is 9. The third-order valence-corrected chi connectivity index (χ3v) is 13.3. The smallest absolute Gasteiger partial charge is 0.407 e. The van der Waals surface area contributed by atoms with Crippen LogP contribution in [0.4, 0.5) is 13.2 Å². The Morgan fingerprint density at radius 1 is 0.569 bits per heavy atom. The van der Waals surface area contributed by atoms with Crippen LogP contribution >= 0.6 is 8.16 Å². The lowest BCUT2D eigenvalue weighted by atomic mass is 9.80. The molecule has 1 aromatic heterocycles. The fourth-order valence-corrected chi connectivity index (χ4v) is 10.4. The average Bonchev–Trinajstić information content (AvgIpc) is 3.30. The van der Waals surface area contributed by atoms with E-state index in [-0.39, 0.29) is 0 Å². The van der Waals surface area contributed by atoms with E-state index < -0.39 is 23.7 Å². The summed E-state index contributed by atoms with van der Waals surface area (Å²) in [6.45, 7) is 0. The summed E-state index contributed by atoms with van der Waals surface area (Å²) in [5.41, 5.74) is 2.77. The summed E-state index contributed by atoms with van der Waals surface area (Å²) in [7, 11) is -8.76. The number of hydrogen-bond donors (Lipinski definition) is 1. The summed E-state index contributed by atoms with van der Waals surface area (Å²) < 4.78 is 82.7. The normalized spacial score (nSPS) is 15.0. The van der Waals surface area contributed by atoms with Gasteiger partial charge in [-0.2, -0.15) is 13.2 Å². The van der Waals surface area contributed by atoms with Crippen LogP contribution in [-0.4, -0.2) is 13.9 Å². The van der Waals surface area contributed by atoms with Crippen molar-refractivity contribution in [3.63, 3.8) is 0 Å². The summed E-state index contributed by atoms with van der Waals surface area (Å²) in [5, 5.41) is 5.53. The Bertz CT molecular complexity index is 2530. The first kappa shape index (κ1) is 32.4. The zero-order valence-electron chi connectivity index (χ0n) is 27.5. The minimum Gasteiger partial charge on any atom is -0.407 e. The molecule has 6 aromatic carbocycles. The van der Waals surface area contributed by atoms with Crippen LogP contribution < -0.4 is 4.49 Å². The van der Waals surface area contributed by atoms with Crippen molar-refractivity contribution < 1.29 is 30.0 Å². The summed E-state index contributed by atoms with van der Waals surface area (Å²) in [5.74, 6) is 0. The first-order chi connectivity index (χ1) is 24.7. The van der Waals surface area contributed by atoms with Gasteiger partial charge in [0.05, 0.1) is 0 Å². The number of alkyl halides is 3. The summed E-state index contributed by atoms with van der Waals surface area (Å²) >= 11 is 0. The van der Waals surface area contributed by atoms with E-state index in [1.54, 1.807) is 0 Å². The molecular formula is C41H33F3NO4PS. The van der Waals surface area contributed by atoms with Crippen LogP contribution in [-0.2, 0) is 35.7 Å². The Morgan fingerprint density at radius 3 is 1.47 bits per heavy atom. The molecule has 0 saturated heterocycles. The lowest BCUT2D eigenvalue weighted by Crippen LogP contribution is -2.28. The molecule has 0 atom stereocenters. The molecule has 1 N–H and O–H groups in total. The summed E-state index contributed by atoms with van der Waals surface area (Å²) in [6, 6.07) is 32.1. The lowest BCUT2D eigenvalue weighted by molar-refractivity contribution is -0.0428.